The minimum absolute atomic E-state index is 0.386. The van der Waals surface area contributed by atoms with Gasteiger partial charge in [0.15, 0.2) is 5.16 Å². The van der Waals surface area contributed by atoms with Crippen LogP contribution < -0.4 is 10.6 Å². The molecular weight excluding hydrogens is 214 g/mol. The van der Waals surface area contributed by atoms with Crippen LogP contribution in [0.5, 0.6) is 0 Å². The molecule has 1 aliphatic heterocycles. The predicted molar refractivity (Wildman–Crippen MR) is 56.0 cm³/mol. The van der Waals surface area contributed by atoms with Crippen molar-refractivity contribution in [2.45, 2.75) is 11.2 Å². The number of hydrogen-bond acceptors (Lipinski definition) is 6. The van der Waals surface area contributed by atoms with E-state index in [0.717, 1.165) is 0 Å². The van der Waals surface area contributed by atoms with Crippen LogP contribution >= 0.6 is 11.8 Å². The van der Waals surface area contributed by atoms with Crippen LogP contribution in [0.25, 0.3) is 0 Å². The van der Waals surface area contributed by atoms with Gasteiger partial charge in [-0.05, 0) is 0 Å². The number of anilines is 1. The second kappa shape index (κ2) is 3.55. The number of fused-ring (bicyclic) bond motifs is 1. The molecule has 1 aromatic rings. The van der Waals surface area contributed by atoms with Gasteiger partial charge in [0.1, 0.15) is 6.04 Å². The molecule has 0 bridgehead atoms. The van der Waals surface area contributed by atoms with E-state index in [-0.39, 0.29) is 0 Å². The Morgan fingerprint density at radius 3 is 2.93 bits per heavy atom. The lowest BCUT2D eigenvalue weighted by Crippen LogP contribution is -2.29. The van der Waals surface area contributed by atoms with Crippen molar-refractivity contribution in [1.82, 2.24) is 14.5 Å². The van der Waals surface area contributed by atoms with Crippen molar-refractivity contribution in [2.75, 3.05) is 24.7 Å². The fraction of sp³-hybridized carbons (Fsp3) is 0.500. The number of nitriles is 1. The third kappa shape index (κ3) is 1.57. The second-order valence-corrected chi connectivity index (χ2v) is 4.30. The van der Waals surface area contributed by atoms with Crippen LogP contribution in [0.1, 0.15) is 6.04 Å². The van der Waals surface area contributed by atoms with E-state index in [4.69, 9.17) is 5.26 Å². The average molecular weight is 223 g/mol. The Kier molecular flexibility index (Phi) is 2.36. The van der Waals surface area contributed by atoms with Gasteiger partial charge in [-0.15, -0.1) is 0 Å². The monoisotopic (exact) mass is 223 g/mol. The fourth-order valence-corrected chi connectivity index (χ4v) is 2.30. The van der Waals surface area contributed by atoms with Crippen molar-refractivity contribution < 1.29 is 0 Å². The highest BCUT2D eigenvalue weighted by atomic mass is 32.2. The summed E-state index contributed by atoms with van der Waals surface area (Å²) in [5, 5.41) is 9.40. The maximum Gasteiger partial charge on any atom is 0.354 e. The highest BCUT2D eigenvalue weighted by molar-refractivity contribution is 7.99. The summed E-state index contributed by atoms with van der Waals surface area (Å²) < 4.78 is 1.34. The molecule has 1 aromatic heterocycles. The fourth-order valence-electron chi connectivity index (χ4n) is 1.28. The van der Waals surface area contributed by atoms with Gasteiger partial charge in [0, 0.05) is 19.8 Å². The van der Waals surface area contributed by atoms with Gasteiger partial charge in [-0.1, -0.05) is 11.8 Å². The Hall–Kier alpha value is -1.55. The van der Waals surface area contributed by atoms with Crippen LogP contribution in [-0.2, 0) is 0 Å². The molecule has 0 amide bonds. The summed E-state index contributed by atoms with van der Waals surface area (Å²) in [6, 6.07) is 1.62. The third-order valence-corrected chi connectivity index (χ3v) is 3.06. The zero-order valence-corrected chi connectivity index (χ0v) is 9.15. The lowest BCUT2D eigenvalue weighted by atomic mass is 10.4. The lowest BCUT2D eigenvalue weighted by molar-refractivity contribution is 0.571. The van der Waals surface area contributed by atoms with Crippen LogP contribution in [0.2, 0.25) is 0 Å². The molecule has 2 rings (SSSR count). The summed E-state index contributed by atoms with van der Waals surface area (Å²) in [6.45, 7) is 0. The molecule has 78 valence electrons. The quantitative estimate of drug-likeness (QED) is 0.660. The van der Waals surface area contributed by atoms with E-state index in [1.807, 2.05) is 0 Å². The molecular formula is C8H9N5OS. The molecule has 0 saturated carbocycles. The average Bonchev–Trinajstić information content (AvgIpc) is 2.60. The van der Waals surface area contributed by atoms with E-state index in [9.17, 15) is 4.79 Å². The minimum atomic E-state index is -0.436. The van der Waals surface area contributed by atoms with Crippen molar-refractivity contribution in [3.8, 4) is 6.07 Å². The number of thioether (sulfide) groups is 1. The molecule has 2 heterocycles. The zero-order chi connectivity index (χ0) is 11.0. The molecule has 0 fully saturated rings. The highest BCUT2D eigenvalue weighted by Gasteiger charge is 2.26. The summed E-state index contributed by atoms with van der Waals surface area (Å²) in [5.74, 6) is 0.953. The van der Waals surface area contributed by atoms with E-state index in [1.165, 1.54) is 16.3 Å². The van der Waals surface area contributed by atoms with E-state index in [1.54, 1.807) is 19.0 Å². The van der Waals surface area contributed by atoms with Gasteiger partial charge >= 0.3 is 5.69 Å². The molecule has 0 aliphatic carbocycles. The van der Waals surface area contributed by atoms with Crippen molar-refractivity contribution >= 4 is 17.7 Å². The molecule has 1 atom stereocenters. The molecule has 0 spiro atoms. The number of nitrogens with zero attached hydrogens (tertiary/aromatic N) is 5. The number of aromatic nitrogens is 3. The largest absolute Gasteiger partial charge is 0.354 e. The minimum Gasteiger partial charge on any atom is -0.347 e. The zero-order valence-electron chi connectivity index (χ0n) is 8.34. The molecule has 15 heavy (non-hydrogen) atoms. The van der Waals surface area contributed by atoms with E-state index >= 15 is 0 Å². The Balaban J connectivity index is 2.57. The van der Waals surface area contributed by atoms with Crippen molar-refractivity contribution in [3.63, 3.8) is 0 Å². The van der Waals surface area contributed by atoms with Crippen LogP contribution in [0.3, 0.4) is 0 Å². The van der Waals surface area contributed by atoms with Gasteiger partial charge < -0.3 is 4.90 Å². The standard InChI is InChI=1S/C8H9N5OS/c1-12(2)6-10-7(14)13-5(3-9)4-15-8(13)11-6/h5H,4H2,1-2H3/t5-/m0/s1. The van der Waals surface area contributed by atoms with Crippen LogP contribution in [0, 0.1) is 11.3 Å². The summed E-state index contributed by atoms with van der Waals surface area (Å²) >= 11 is 1.41. The van der Waals surface area contributed by atoms with Gasteiger partial charge in [-0.2, -0.15) is 15.2 Å². The molecule has 0 radical (unpaired) electrons. The number of rotatable bonds is 1. The van der Waals surface area contributed by atoms with Gasteiger partial charge in [-0.3, -0.25) is 4.57 Å². The smallest absolute Gasteiger partial charge is 0.347 e. The highest BCUT2D eigenvalue weighted by Crippen LogP contribution is 2.29. The Morgan fingerprint density at radius 1 is 1.60 bits per heavy atom. The number of hydrogen-bond donors (Lipinski definition) is 0. The van der Waals surface area contributed by atoms with Crippen LogP contribution in [0.4, 0.5) is 5.95 Å². The van der Waals surface area contributed by atoms with Crippen molar-refractivity contribution in [1.29, 1.82) is 5.26 Å². The first-order chi connectivity index (χ1) is 7.13. The first-order valence-corrected chi connectivity index (χ1v) is 5.32. The van der Waals surface area contributed by atoms with Crippen molar-refractivity contribution in [2.24, 2.45) is 0 Å². The van der Waals surface area contributed by atoms with E-state index in [0.29, 0.717) is 16.9 Å². The van der Waals surface area contributed by atoms with Gasteiger partial charge in [0.25, 0.3) is 0 Å². The molecule has 0 saturated heterocycles. The van der Waals surface area contributed by atoms with Gasteiger partial charge in [-0.25, -0.2) is 4.79 Å². The van der Waals surface area contributed by atoms with E-state index in [2.05, 4.69) is 16.0 Å². The first-order valence-electron chi connectivity index (χ1n) is 4.34. The molecule has 0 unspecified atom stereocenters. The normalized spacial score (nSPS) is 18.3. The topological polar surface area (TPSA) is 74.8 Å². The summed E-state index contributed by atoms with van der Waals surface area (Å²) in [7, 11) is 3.54. The molecule has 1 aliphatic rings. The van der Waals surface area contributed by atoms with E-state index < -0.39 is 11.7 Å². The SMILES string of the molecule is CN(C)c1nc2n(c(=O)n1)[C@@H](C#N)CS2. The summed E-state index contributed by atoms with van der Waals surface area (Å²) in [5.41, 5.74) is -0.403. The third-order valence-electron chi connectivity index (χ3n) is 2.03. The summed E-state index contributed by atoms with van der Waals surface area (Å²) in [4.78, 5) is 21.3. The lowest BCUT2D eigenvalue weighted by Gasteiger charge is -2.11. The maximum absolute atomic E-state index is 11.6. The Labute approximate surface area is 90.6 Å². The second-order valence-electron chi connectivity index (χ2n) is 3.31. The predicted octanol–water partition coefficient (Wildman–Crippen LogP) is -0.125. The summed E-state index contributed by atoms with van der Waals surface area (Å²) in [6.07, 6.45) is 0. The Morgan fingerprint density at radius 2 is 2.33 bits per heavy atom. The maximum atomic E-state index is 11.6. The Bertz CT molecular complexity index is 489. The van der Waals surface area contributed by atoms with Crippen molar-refractivity contribution in [3.05, 3.63) is 10.5 Å². The van der Waals surface area contributed by atoms with Crippen LogP contribution in [-0.4, -0.2) is 34.4 Å². The molecule has 0 aromatic carbocycles. The first kappa shape index (κ1) is 9.98. The molecule has 7 heteroatoms. The van der Waals surface area contributed by atoms with Gasteiger partial charge in [0.05, 0.1) is 6.07 Å². The van der Waals surface area contributed by atoms with Gasteiger partial charge in [0.2, 0.25) is 5.95 Å². The molecule has 6 nitrogen and oxygen atoms in total. The molecule has 0 N–H and O–H groups in total. The van der Waals surface area contributed by atoms with Crippen LogP contribution in [0.15, 0.2) is 9.95 Å².